The van der Waals surface area contributed by atoms with Crippen molar-refractivity contribution in [1.82, 2.24) is 0 Å². The molecule has 0 aromatic rings. The lowest BCUT2D eigenvalue weighted by atomic mass is 10.2. The predicted octanol–water partition coefficient (Wildman–Crippen LogP) is 1.99. The summed E-state index contributed by atoms with van der Waals surface area (Å²) in [6.45, 7) is 6.03. The summed E-state index contributed by atoms with van der Waals surface area (Å²) in [5.74, 6) is -1.65. The Hall–Kier alpha value is -1.10. The highest BCUT2D eigenvalue weighted by atomic mass is 16.6. The zero-order chi connectivity index (χ0) is 13.3. The average Bonchev–Trinajstić information content (AvgIpc) is 2.27. The fraction of sp³-hybridized carbons (Fsp3) is 0.833. The van der Waals surface area contributed by atoms with Crippen LogP contribution in [0.3, 0.4) is 0 Å². The molecular weight excluding hydrogens is 224 g/mol. The van der Waals surface area contributed by atoms with Crippen molar-refractivity contribution in [2.24, 2.45) is 0 Å². The summed E-state index contributed by atoms with van der Waals surface area (Å²) < 4.78 is 10.3. The second-order valence-electron chi connectivity index (χ2n) is 3.97. The van der Waals surface area contributed by atoms with Crippen LogP contribution in [0.1, 0.15) is 46.5 Å². The molecule has 0 aliphatic heterocycles. The third-order valence-electron chi connectivity index (χ3n) is 2.33. The topological polar surface area (TPSA) is 72.8 Å². The Bertz CT molecular complexity index is 239. The largest absolute Gasteiger partial charge is 0.481 e. The Morgan fingerprint density at radius 3 is 2.41 bits per heavy atom. The van der Waals surface area contributed by atoms with Crippen LogP contribution in [0.5, 0.6) is 0 Å². The number of esters is 1. The molecule has 0 aromatic carbocycles. The summed E-state index contributed by atoms with van der Waals surface area (Å²) >= 11 is 0. The first kappa shape index (κ1) is 15.9. The maximum Gasteiger partial charge on any atom is 0.336 e. The minimum absolute atomic E-state index is 0.214. The minimum Gasteiger partial charge on any atom is -0.481 e. The smallest absolute Gasteiger partial charge is 0.336 e. The Kier molecular flexibility index (Phi) is 8.40. The Labute approximate surface area is 102 Å². The van der Waals surface area contributed by atoms with E-state index in [0.717, 1.165) is 12.8 Å². The molecule has 2 unspecified atom stereocenters. The van der Waals surface area contributed by atoms with Gasteiger partial charge in [-0.05, 0) is 19.8 Å². The van der Waals surface area contributed by atoms with Gasteiger partial charge in [0.25, 0.3) is 0 Å². The standard InChI is InChI=1S/C12H22O5/c1-4-6-7-16-10(8-11(13)14)12(15)17-9(3)5-2/h9-10H,4-8H2,1-3H3,(H,13,14). The van der Waals surface area contributed by atoms with Crippen molar-refractivity contribution < 1.29 is 24.2 Å². The molecule has 17 heavy (non-hydrogen) atoms. The molecule has 100 valence electrons. The lowest BCUT2D eigenvalue weighted by Gasteiger charge is -2.18. The van der Waals surface area contributed by atoms with Crippen molar-refractivity contribution in [3.8, 4) is 0 Å². The number of carbonyl (C=O) groups is 2. The molecule has 0 amide bonds. The van der Waals surface area contributed by atoms with Crippen molar-refractivity contribution in [3.05, 3.63) is 0 Å². The zero-order valence-electron chi connectivity index (χ0n) is 10.8. The van der Waals surface area contributed by atoms with E-state index in [-0.39, 0.29) is 12.5 Å². The lowest BCUT2D eigenvalue weighted by molar-refractivity contribution is -0.166. The van der Waals surface area contributed by atoms with Crippen molar-refractivity contribution in [3.63, 3.8) is 0 Å². The van der Waals surface area contributed by atoms with E-state index in [2.05, 4.69) is 0 Å². The molecule has 0 radical (unpaired) electrons. The van der Waals surface area contributed by atoms with E-state index in [9.17, 15) is 9.59 Å². The molecule has 0 rings (SSSR count). The van der Waals surface area contributed by atoms with Gasteiger partial charge in [-0.15, -0.1) is 0 Å². The second-order valence-corrected chi connectivity index (χ2v) is 3.97. The molecule has 0 saturated heterocycles. The van der Waals surface area contributed by atoms with Gasteiger partial charge in [-0.2, -0.15) is 0 Å². The zero-order valence-corrected chi connectivity index (χ0v) is 10.8. The van der Waals surface area contributed by atoms with Gasteiger partial charge in [0.2, 0.25) is 0 Å². The van der Waals surface area contributed by atoms with Crippen LogP contribution in [-0.2, 0) is 19.1 Å². The highest BCUT2D eigenvalue weighted by Crippen LogP contribution is 2.07. The van der Waals surface area contributed by atoms with Gasteiger partial charge < -0.3 is 14.6 Å². The molecule has 0 bridgehead atoms. The highest BCUT2D eigenvalue weighted by molar-refractivity contribution is 5.81. The molecule has 0 saturated carbocycles. The number of hydrogen-bond donors (Lipinski definition) is 1. The molecule has 0 aliphatic carbocycles. The first-order chi connectivity index (χ1) is 8.01. The molecule has 0 heterocycles. The normalized spacial score (nSPS) is 14.1. The summed E-state index contributed by atoms with van der Waals surface area (Å²) in [4.78, 5) is 22.2. The summed E-state index contributed by atoms with van der Waals surface area (Å²) in [6, 6.07) is 0. The number of unbranched alkanes of at least 4 members (excludes halogenated alkanes) is 1. The van der Waals surface area contributed by atoms with E-state index in [1.54, 1.807) is 6.92 Å². The number of carboxylic acids is 1. The predicted molar refractivity (Wildman–Crippen MR) is 62.7 cm³/mol. The average molecular weight is 246 g/mol. The molecule has 5 heteroatoms. The molecule has 0 aromatic heterocycles. The van der Waals surface area contributed by atoms with Gasteiger partial charge >= 0.3 is 11.9 Å². The molecule has 1 N–H and O–H groups in total. The molecule has 5 nitrogen and oxygen atoms in total. The highest BCUT2D eigenvalue weighted by Gasteiger charge is 2.25. The van der Waals surface area contributed by atoms with E-state index in [4.69, 9.17) is 14.6 Å². The summed E-state index contributed by atoms with van der Waals surface area (Å²) in [6.07, 6.45) is 0.869. The summed E-state index contributed by atoms with van der Waals surface area (Å²) in [5.41, 5.74) is 0. The van der Waals surface area contributed by atoms with Gasteiger partial charge in [0.1, 0.15) is 0 Å². The first-order valence-electron chi connectivity index (χ1n) is 6.05. The van der Waals surface area contributed by atoms with Crippen molar-refractivity contribution in [2.75, 3.05) is 6.61 Å². The van der Waals surface area contributed by atoms with Crippen LogP contribution < -0.4 is 0 Å². The third-order valence-corrected chi connectivity index (χ3v) is 2.33. The van der Waals surface area contributed by atoms with Gasteiger partial charge in [0.15, 0.2) is 6.10 Å². The Balaban J connectivity index is 4.23. The lowest BCUT2D eigenvalue weighted by Crippen LogP contribution is -2.31. The van der Waals surface area contributed by atoms with Crippen LogP contribution >= 0.6 is 0 Å². The van der Waals surface area contributed by atoms with E-state index in [1.807, 2.05) is 13.8 Å². The third kappa shape index (κ3) is 7.74. The van der Waals surface area contributed by atoms with Gasteiger partial charge in [0.05, 0.1) is 12.5 Å². The van der Waals surface area contributed by atoms with Crippen LogP contribution in [0, 0.1) is 0 Å². The maximum absolute atomic E-state index is 11.6. The Morgan fingerprint density at radius 1 is 1.29 bits per heavy atom. The number of ether oxygens (including phenoxy) is 2. The van der Waals surface area contributed by atoms with Crippen LogP contribution in [0.25, 0.3) is 0 Å². The molecule has 0 spiro atoms. The number of hydrogen-bond acceptors (Lipinski definition) is 4. The second kappa shape index (κ2) is 8.98. The molecule has 2 atom stereocenters. The SMILES string of the molecule is CCCCOC(CC(=O)O)C(=O)OC(C)CC. The Morgan fingerprint density at radius 2 is 1.94 bits per heavy atom. The summed E-state index contributed by atoms with van der Waals surface area (Å²) in [7, 11) is 0. The minimum atomic E-state index is -1.06. The number of rotatable bonds is 9. The van der Waals surface area contributed by atoms with Gasteiger partial charge in [-0.25, -0.2) is 4.79 Å². The van der Waals surface area contributed by atoms with Crippen LogP contribution in [0.15, 0.2) is 0 Å². The van der Waals surface area contributed by atoms with Crippen LogP contribution in [0.4, 0.5) is 0 Å². The number of carboxylic acid groups (broad SMARTS) is 1. The van der Waals surface area contributed by atoms with E-state index in [0.29, 0.717) is 13.0 Å². The summed E-state index contributed by atoms with van der Waals surface area (Å²) in [5, 5.41) is 8.69. The molecular formula is C12H22O5. The van der Waals surface area contributed by atoms with Crippen LogP contribution in [-0.4, -0.2) is 35.9 Å². The number of aliphatic carboxylic acids is 1. The fourth-order valence-electron chi connectivity index (χ4n) is 1.10. The first-order valence-corrected chi connectivity index (χ1v) is 6.05. The molecule has 0 aliphatic rings. The molecule has 0 fully saturated rings. The van der Waals surface area contributed by atoms with Gasteiger partial charge in [0, 0.05) is 6.61 Å². The fourth-order valence-corrected chi connectivity index (χ4v) is 1.10. The monoisotopic (exact) mass is 246 g/mol. The van der Waals surface area contributed by atoms with Gasteiger partial charge in [-0.1, -0.05) is 20.3 Å². The van der Waals surface area contributed by atoms with Crippen molar-refractivity contribution in [1.29, 1.82) is 0 Å². The van der Waals surface area contributed by atoms with Crippen molar-refractivity contribution in [2.45, 2.75) is 58.7 Å². The quantitative estimate of drug-likeness (QED) is 0.497. The van der Waals surface area contributed by atoms with E-state index < -0.39 is 18.0 Å². The van der Waals surface area contributed by atoms with Gasteiger partial charge in [-0.3, -0.25) is 4.79 Å². The van der Waals surface area contributed by atoms with E-state index in [1.165, 1.54) is 0 Å². The van der Waals surface area contributed by atoms with E-state index >= 15 is 0 Å². The van der Waals surface area contributed by atoms with Crippen LogP contribution in [0.2, 0.25) is 0 Å². The number of carbonyl (C=O) groups excluding carboxylic acids is 1. The van der Waals surface area contributed by atoms with Crippen molar-refractivity contribution >= 4 is 11.9 Å². The maximum atomic E-state index is 11.6.